The molecule has 0 amide bonds. The lowest BCUT2D eigenvalue weighted by Crippen LogP contribution is -1.99. The van der Waals surface area contributed by atoms with E-state index in [0.29, 0.717) is 6.61 Å². The van der Waals surface area contributed by atoms with E-state index in [9.17, 15) is 0 Å². The van der Waals surface area contributed by atoms with Gasteiger partial charge in [-0.2, -0.15) is 0 Å². The maximum atomic E-state index is 8.50. The SMILES string of the molecule is OCCCOCCCCc1ccon1. The van der Waals surface area contributed by atoms with E-state index < -0.39 is 0 Å². The van der Waals surface area contributed by atoms with Crippen LogP contribution in [0.15, 0.2) is 16.9 Å². The lowest BCUT2D eigenvalue weighted by atomic mass is 10.2. The van der Waals surface area contributed by atoms with Gasteiger partial charge in [-0.05, 0) is 25.7 Å². The van der Waals surface area contributed by atoms with E-state index in [1.165, 1.54) is 0 Å². The summed E-state index contributed by atoms with van der Waals surface area (Å²) < 4.78 is 10.0. The van der Waals surface area contributed by atoms with Crippen LogP contribution in [0.25, 0.3) is 0 Å². The number of nitrogens with zero attached hydrogens (tertiary/aromatic N) is 1. The minimum atomic E-state index is 0.207. The van der Waals surface area contributed by atoms with Crippen molar-refractivity contribution in [3.8, 4) is 0 Å². The summed E-state index contributed by atoms with van der Waals surface area (Å²) in [7, 11) is 0. The van der Waals surface area contributed by atoms with E-state index in [2.05, 4.69) is 5.16 Å². The Balaban J connectivity index is 1.85. The van der Waals surface area contributed by atoms with Gasteiger partial charge in [0.25, 0.3) is 0 Å². The molecule has 0 atom stereocenters. The van der Waals surface area contributed by atoms with Crippen LogP contribution in [0.1, 0.15) is 25.0 Å². The third-order valence-electron chi connectivity index (χ3n) is 1.91. The molecule has 1 N–H and O–H groups in total. The first-order chi connectivity index (χ1) is 6.93. The number of aromatic nitrogens is 1. The molecule has 80 valence electrons. The third-order valence-corrected chi connectivity index (χ3v) is 1.91. The largest absolute Gasteiger partial charge is 0.396 e. The number of aliphatic hydroxyl groups is 1. The number of aryl methyl sites for hydroxylation is 1. The molecule has 1 aromatic rings. The molecule has 0 radical (unpaired) electrons. The first kappa shape index (κ1) is 11.2. The quantitative estimate of drug-likeness (QED) is 0.643. The molecule has 1 aromatic heterocycles. The molecule has 0 fully saturated rings. The highest BCUT2D eigenvalue weighted by Crippen LogP contribution is 2.01. The van der Waals surface area contributed by atoms with E-state index in [0.717, 1.165) is 38.0 Å². The number of unbranched alkanes of at least 4 members (excludes halogenated alkanes) is 1. The van der Waals surface area contributed by atoms with Crippen LogP contribution in [0.4, 0.5) is 0 Å². The van der Waals surface area contributed by atoms with Crippen molar-refractivity contribution in [2.45, 2.75) is 25.7 Å². The van der Waals surface area contributed by atoms with Gasteiger partial charge >= 0.3 is 0 Å². The van der Waals surface area contributed by atoms with E-state index in [-0.39, 0.29) is 6.61 Å². The number of aliphatic hydroxyl groups excluding tert-OH is 1. The Kier molecular flexibility index (Phi) is 6.02. The summed E-state index contributed by atoms with van der Waals surface area (Å²) in [6, 6.07) is 1.88. The Hall–Kier alpha value is -0.870. The fourth-order valence-corrected chi connectivity index (χ4v) is 1.15. The Bertz CT molecular complexity index is 211. The lowest BCUT2D eigenvalue weighted by molar-refractivity contribution is 0.113. The first-order valence-electron chi connectivity index (χ1n) is 5.01. The zero-order valence-corrected chi connectivity index (χ0v) is 8.32. The molecule has 0 aliphatic rings. The van der Waals surface area contributed by atoms with Gasteiger partial charge in [-0.3, -0.25) is 0 Å². The minimum Gasteiger partial charge on any atom is -0.396 e. The fourth-order valence-electron chi connectivity index (χ4n) is 1.15. The van der Waals surface area contributed by atoms with Crippen molar-refractivity contribution in [3.05, 3.63) is 18.0 Å². The van der Waals surface area contributed by atoms with Crippen LogP contribution in [0.2, 0.25) is 0 Å². The second-order valence-corrected chi connectivity index (χ2v) is 3.14. The Morgan fingerprint density at radius 1 is 1.29 bits per heavy atom. The number of hydrogen-bond donors (Lipinski definition) is 1. The zero-order valence-electron chi connectivity index (χ0n) is 8.32. The Labute approximate surface area is 83.9 Å². The topological polar surface area (TPSA) is 55.5 Å². The highest BCUT2D eigenvalue weighted by Gasteiger charge is 1.96. The smallest absolute Gasteiger partial charge is 0.124 e. The van der Waals surface area contributed by atoms with E-state index in [1.807, 2.05) is 6.07 Å². The molecule has 0 spiro atoms. The fraction of sp³-hybridized carbons (Fsp3) is 0.700. The summed E-state index contributed by atoms with van der Waals surface area (Å²) in [5.74, 6) is 0. The van der Waals surface area contributed by atoms with Crippen molar-refractivity contribution in [1.29, 1.82) is 0 Å². The van der Waals surface area contributed by atoms with Crippen LogP contribution < -0.4 is 0 Å². The van der Waals surface area contributed by atoms with Gasteiger partial charge in [0, 0.05) is 25.9 Å². The molecule has 0 saturated carbocycles. The molecule has 0 aliphatic carbocycles. The van der Waals surface area contributed by atoms with Crippen molar-refractivity contribution in [2.24, 2.45) is 0 Å². The molecule has 0 saturated heterocycles. The van der Waals surface area contributed by atoms with Gasteiger partial charge in [0.1, 0.15) is 6.26 Å². The summed E-state index contributed by atoms with van der Waals surface area (Å²) in [4.78, 5) is 0. The highest BCUT2D eigenvalue weighted by atomic mass is 16.5. The minimum absolute atomic E-state index is 0.207. The molecule has 0 aliphatic heterocycles. The summed E-state index contributed by atoms with van der Waals surface area (Å²) in [5, 5.41) is 12.3. The molecule has 4 heteroatoms. The Morgan fingerprint density at radius 2 is 2.14 bits per heavy atom. The van der Waals surface area contributed by atoms with E-state index >= 15 is 0 Å². The molecule has 4 nitrogen and oxygen atoms in total. The second kappa shape index (κ2) is 7.53. The van der Waals surface area contributed by atoms with Crippen molar-refractivity contribution in [2.75, 3.05) is 19.8 Å². The number of ether oxygens (including phenoxy) is 1. The Morgan fingerprint density at radius 3 is 2.86 bits per heavy atom. The second-order valence-electron chi connectivity index (χ2n) is 3.14. The molecule has 0 aromatic carbocycles. The average molecular weight is 199 g/mol. The maximum absolute atomic E-state index is 8.50. The monoisotopic (exact) mass is 199 g/mol. The van der Waals surface area contributed by atoms with Gasteiger partial charge < -0.3 is 14.4 Å². The van der Waals surface area contributed by atoms with Gasteiger partial charge in [-0.25, -0.2) is 0 Å². The predicted octanol–water partition coefficient (Wildman–Crippen LogP) is 1.40. The lowest BCUT2D eigenvalue weighted by Gasteiger charge is -2.01. The van der Waals surface area contributed by atoms with Crippen LogP contribution >= 0.6 is 0 Å². The summed E-state index contributed by atoms with van der Waals surface area (Å²) >= 11 is 0. The molecule has 0 unspecified atom stereocenters. The number of rotatable bonds is 8. The van der Waals surface area contributed by atoms with Gasteiger partial charge in [0.15, 0.2) is 0 Å². The van der Waals surface area contributed by atoms with Crippen LogP contribution in [0, 0.1) is 0 Å². The van der Waals surface area contributed by atoms with Crippen LogP contribution in [-0.2, 0) is 11.2 Å². The maximum Gasteiger partial charge on any atom is 0.124 e. The van der Waals surface area contributed by atoms with Gasteiger partial charge in [-0.15, -0.1) is 0 Å². The normalized spacial score (nSPS) is 10.6. The van der Waals surface area contributed by atoms with Crippen LogP contribution in [0.5, 0.6) is 0 Å². The highest BCUT2D eigenvalue weighted by molar-refractivity contribution is 4.94. The first-order valence-corrected chi connectivity index (χ1v) is 5.01. The van der Waals surface area contributed by atoms with E-state index in [1.54, 1.807) is 6.26 Å². The standard InChI is InChI=1S/C10H17NO3/c12-6-3-8-13-7-2-1-4-10-5-9-14-11-10/h5,9,12H,1-4,6-8H2. The van der Waals surface area contributed by atoms with Crippen molar-refractivity contribution in [1.82, 2.24) is 5.16 Å². The average Bonchev–Trinajstić information content (AvgIpc) is 2.69. The van der Waals surface area contributed by atoms with Crippen molar-refractivity contribution < 1.29 is 14.4 Å². The molecule has 1 rings (SSSR count). The number of hydrogen-bond acceptors (Lipinski definition) is 4. The van der Waals surface area contributed by atoms with Crippen LogP contribution in [-0.4, -0.2) is 30.1 Å². The third kappa shape index (κ3) is 4.99. The van der Waals surface area contributed by atoms with Crippen molar-refractivity contribution >= 4 is 0 Å². The van der Waals surface area contributed by atoms with E-state index in [4.69, 9.17) is 14.4 Å². The summed E-state index contributed by atoms with van der Waals surface area (Å²) in [6.45, 7) is 1.62. The molecule has 0 bridgehead atoms. The van der Waals surface area contributed by atoms with Gasteiger partial charge in [0.05, 0.1) is 5.69 Å². The summed E-state index contributed by atoms with van der Waals surface area (Å²) in [5.41, 5.74) is 1.00. The van der Waals surface area contributed by atoms with Crippen molar-refractivity contribution in [3.63, 3.8) is 0 Å². The van der Waals surface area contributed by atoms with Gasteiger partial charge in [-0.1, -0.05) is 5.16 Å². The molecule has 1 heterocycles. The molecular formula is C10H17NO3. The predicted molar refractivity (Wildman–Crippen MR) is 52.0 cm³/mol. The van der Waals surface area contributed by atoms with Crippen LogP contribution in [0.3, 0.4) is 0 Å². The molecule has 14 heavy (non-hydrogen) atoms. The zero-order chi connectivity index (χ0) is 10.1. The molecular weight excluding hydrogens is 182 g/mol. The van der Waals surface area contributed by atoms with Gasteiger partial charge in [0.2, 0.25) is 0 Å². The summed E-state index contributed by atoms with van der Waals surface area (Å²) in [6.07, 6.45) is 5.35.